The first-order valence-electron chi connectivity index (χ1n) is 13.6. The van der Waals surface area contributed by atoms with Gasteiger partial charge in [-0.1, -0.05) is 25.7 Å². The molecule has 0 saturated heterocycles. The summed E-state index contributed by atoms with van der Waals surface area (Å²) in [6, 6.07) is 5.84. The second-order valence-corrected chi connectivity index (χ2v) is 20.5. The number of ether oxygens (including phenoxy) is 2. The van der Waals surface area contributed by atoms with Crippen molar-refractivity contribution in [3.05, 3.63) is 29.6 Å². The molecular formula is C27H45F3N4O3SSi. The third-order valence-electron chi connectivity index (χ3n) is 6.95. The molecule has 1 fully saturated rings. The lowest BCUT2D eigenvalue weighted by Crippen LogP contribution is -2.47. The summed E-state index contributed by atoms with van der Waals surface area (Å²) >= 11 is -1.60. The number of benzene rings is 1. The molecule has 222 valence electrons. The molecule has 2 aromatic rings. The Balaban J connectivity index is 2.04. The van der Waals surface area contributed by atoms with Crippen LogP contribution >= 0.6 is 0 Å². The zero-order valence-corrected chi connectivity index (χ0v) is 26.2. The van der Waals surface area contributed by atoms with Crippen LogP contribution in [-0.2, 0) is 27.6 Å². The SMILES string of the molecule is C[C@@H](O[C@H](C)C(F)(F)F)[C@H](N[S+]([O-])C(C)(C)C)c1nc2cc([C@H](N)C3CC3)ccc2n1COCC[Si](C)(C)C. The standard InChI is InChI=1S/C27H45F3N4O3SSi/c1-17(37-18(2)27(28,29)30)24(33-38(35)26(3,4)5)25-32-21-15-20(23(31)19-9-10-19)11-12-22(21)34(25)16-36-13-14-39(6,7)8/h11-12,15,17-19,23-24,33H,9-10,13-14,16,31H2,1-8H3/t17-,18-,23-,24+,38?/m1/s1. The predicted octanol–water partition coefficient (Wildman–Crippen LogP) is 6.21. The molecule has 3 rings (SSSR count). The van der Waals surface area contributed by atoms with Crippen molar-refractivity contribution in [2.24, 2.45) is 11.7 Å². The number of alkyl halides is 3. The molecular weight excluding hydrogens is 545 g/mol. The van der Waals surface area contributed by atoms with Crippen molar-refractivity contribution in [2.45, 2.75) is 115 Å². The van der Waals surface area contributed by atoms with Gasteiger partial charge in [-0.2, -0.15) is 13.2 Å². The molecule has 0 bridgehead atoms. The summed E-state index contributed by atoms with van der Waals surface area (Å²) in [4.78, 5) is 4.87. The van der Waals surface area contributed by atoms with Crippen LogP contribution in [0.4, 0.5) is 13.2 Å². The molecule has 39 heavy (non-hydrogen) atoms. The Morgan fingerprint density at radius 2 is 1.85 bits per heavy atom. The number of hydrogen-bond acceptors (Lipinski definition) is 6. The molecule has 0 radical (unpaired) electrons. The van der Waals surface area contributed by atoms with Gasteiger partial charge in [0.25, 0.3) is 0 Å². The third-order valence-corrected chi connectivity index (χ3v) is 10.2. The largest absolute Gasteiger partial charge is 0.598 e. The lowest BCUT2D eigenvalue weighted by atomic mass is 10.0. The van der Waals surface area contributed by atoms with Crippen molar-refractivity contribution in [3.63, 3.8) is 0 Å². The number of imidazole rings is 1. The van der Waals surface area contributed by atoms with Gasteiger partial charge in [-0.05, 0) is 77.1 Å². The van der Waals surface area contributed by atoms with Crippen molar-refractivity contribution < 1.29 is 27.2 Å². The summed E-state index contributed by atoms with van der Waals surface area (Å²) in [5.41, 5.74) is 8.86. The Morgan fingerprint density at radius 1 is 1.21 bits per heavy atom. The van der Waals surface area contributed by atoms with Gasteiger partial charge in [0.05, 0.1) is 17.1 Å². The van der Waals surface area contributed by atoms with E-state index < -0.39 is 48.6 Å². The van der Waals surface area contributed by atoms with Gasteiger partial charge in [0.15, 0.2) is 6.10 Å². The lowest BCUT2D eigenvalue weighted by Gasteiger charge is -2.32. The van der Waals surface area contributed by atoms with Crippen molar-refractivity contribution in [2.75, 3.05) is 6.61 Å². The molecule has 3 N–H and O–H groups in total. The first-order valence-corrected chi connectivity index (χ1v) is 18.5. The number of hydrogen-bond donors (Lipinski definition) is 2. The third kappa shape index (κ3) is 8.91. The Hall–Kier alpha value is -1.15. The van der Waals surface area contributed by atoms with E-state index in [0.29, 0.717) is 23.9 Å². The molecule has 12 heteroatoms. The van der Waals surface area contributed by atoms with Crippen LogP contribution in [0.3, 0.4) is 0 Å². The van der Waals surface area contributed by atoms with Crippen molar-refractivity contribution in [3.8, 4) is 0 Å². The van der Waals surface area contributed by atoms with Crippen LogP contribution in [0.1, 0.15) is 70.9 Å². The van der Waals surface area contributed by atoms with Crippen LogP contribution in [0.25, 0.3) is 11.0 Å². The molecule has 1 aliphatic rings. The summed E-state index contributed by atoms with van der Waals surface area (Å²) in [6.45, 7) is 15.4. The highest BCUT2D eigenvalue weighted by Gasteiger charge is 2.42. The average Bonchev–Trinajstić information content (AvgIpc) is 3.59. The minimum absolute atomic E-state index is 0.0896. The van der Waals surface area contributed by atoms with E-state index in [1.165, 1.54) is 0 Å². The van der Waals surface area contributed by atoms with E-state index >= 15 is 0 Å². The van der Waals surface area contributed by atoms with Gasteiger partial charge in [0.2, 0.25) is 0 Å². The first kappa shape index (κ1) is 32.4. The lowest BCUT2D eigenvalue weighted by molar-refractivity contribution is -0.227. The van der Waals surface area contributed by atoms with E-state index in [2.05, 4.69) is 24.4 Å². The van der Waals surface area contributed by atoms with Crippen molar-refractivity contribution >= 4 is 30.5 Å². The minimum Gasteiger partial charge on any atom is -0.598 e. The molecule has 1 unspecified atom stereocenters. The monoisotopic (exact) mass is 590 g/mol. The van der Waals surface area contributed by atoms with Gasteiger partial charge in [0.1, 0.15) is 23.3 Å². The first-order chi connectivity index (χ1) is 17.9. The molecule has 0 spiro atoms. The quantitative estimate of drug-likeness (QED) is 0.164. The molecule has 1 heterocycles. The van der Waals surface area contributed by atoms with Crippen LogP contribution in [0.2, 0.25) is 25.7 Å². The summed E-state index contributed by atoms with van der Waals surface area (Å²) < 4.78 is 69.2. The Kier molecular flexibility index (Phi) is 10.3. The number of nitrogens with two attached hydrogens (primary N) is 1. The van der Waals surface area contributed by atoms with E-state index in [9.17, 15) is 17.7 Å². The molecule has 1 aromatic heterocycles. The number of nitrogens with one attached hydrogen (secondary N) is 1. The fourth-order valence-electron chi connectivity index (χ4n) is 4.14. The molecule has 0 amide bonds. The van der Waals surface area contributed by atoms with E-state index in [-0.39, 0.29) is 12.8 Å². The minimum atomic E-state index is -4.53. The van der Waals surface area contributed by atoms with Crippen LogP contribution in [0.5, 0.6) is 0 Å². The number of rotatable bonds is 13. The van der Waals surface area contributed by atoms with Gasteiger partial charge in [-0.15, -0.1) is 4.72 Å². The van der Waals surface area contributed by atoms with E-state index in [1.807, 2.05) is 22.8 Å². The van der Waals surface area contributed by atoms with Crippen molar-refractivity contribution in [1.82, 2.24) is 14.3 Å². The maximum atomic E-state index is 13.4. The molecule has 1 aliphatic carbocycles. The zero-order chi connectivity index (χ0) is 29.3. The van der Waals surface area contributed by atoms with Crippen molar-refractivity contribution in [1.29, 1.82) is 0 Å². The molecule has 0 aliphatic heterocycles. The van der Waals surface area contributed by atoms with E-state index in [0.717, 1.165) is 36.9 Å². The number of halogens is 3. The Bertz CT molecular complexity index is 1100. The number of fused-ring (bicyclic) bond motifs is 1. The molecule has 1 saturated carbocycles. The van der Waals surface area contributed by atoms with Gasteiger partial charge in [-0.3, -0.25) is 0 Å². The second kappa shape index (κ2) is 12.4. The summed E-state index contributed by atoms with van der Waals surface area (Å²) in [7, 11) is -1.33. The summed E-state index contributed by atoms with van der Waals surface area (Å²) in [5.74, 6) is 0.865. The predicted molar refractivity (Wildman–Crippen MR) is 153 cm³/mol. The van der Waals surface area contributed by atoms with E-state index in [4.69, 9.17) is 20.2 Å². The summed E-state index contributed by atoms with van der Waals surface area (Å²) in [5, 5.41) is 0. The van der Waals surface area contributed by atoms with Crippen LogP contribution in [-0.4, -0.2) is 51.9 Å². The topological polar surface area (TPSA) is 97.4 Å². The number of nitrogens with zero attached hydrogens (tertiary/aromatic N) is 2. The fourth-order valence-corrected chi connectivity index (χ4v) is 5.77. The Labute approximate surface area is 234 Å². The van der Waals surface area contributed by atoms with Crippen LogP contribution in [0, 0.1) is 5.92 Å². The second-order valence-electron chi connectivity index (χ2n) is 12.9. The molecule has 7 nitrogen and oxygen atoms in total. The Morgan fingerprint density at radius 3 is 2.38 bits per heavy atom. The maximum Gasteiger partial charge on any atom is 0.414 e. The van der Waals surface area contributed by atoms with Gasteiger partial charge >= 0.3 is 6.18 Å². The highest BCUT2D eigenvalue weighted by molar-refractivity contribution is 7.90. The molecule has 5 atom stereocenters. The van der Waals surface area contributed by atoms with Crippen LogP contribution in [0.15, 0.2) is 18.2 Å². The van der Waals surface area contributed by atoms with E-state index in [1.54, 1.807) is 27.7 Å². The number of aromatic nitrogens is 2. The van der Waals surface area contributed by atoms with Crippen LogP contribution < -0.4 is 10.5 Å². The average molecular weight is 591 g/mol. The smallest absolute Gasteiger partial charge is 0.414 e. The highest BCUT2D eigenvalue weighted by Crippen LogP contribution is 2.40. The van der Waals surface area contributed by atoms with Gasteiger partial charge in [-0.25, -0.2) is 4.98 Å². The fraction of sp³-hybridized carbons (Fsp3) is 0.741. The highest BCUT2D eigenvalue weighted by atomic mass is 32.2. The maximum absolute atomic E-state index is 13.4. The normalized spacial score (nSPS) is 19.2. The van der Waals surface area contributed by atoms with Gasteiger partial charge in [0, 0.05) is 32.1 Å². The summed E-state index contributed by atoms with van der Waals surface area (Å²) in [6.07, 6.45) is -5.34. The van der Waals surface area contributed by atoms with Gasteiger partial charge < -0.3 is 24.3 Å². The zero-order valence-electron chi connectivity index (χ0n) is 24.4. The molecule has 1 aromatic carbocycles.